The van der Waals surface area contributed by atoms with E-state index in [-0.39, 0.29) is 29.2 Å². The second-order valence-corrected chi connectivity index (χ2v) is 5.40. The Labute approximate surface area is 135 Å². The molecule has 2 aromatic rings. The molecule has 3 N–H and O–H groups in total. The van der Waals surface area contributed by atoms with Gasteiger partial charge in [0.1, 0.15) is 23.6 Å². The maximum atomic E-state index is 13.7. The van der Waals surface area contributed by atoms with Crippen LogP contribution in [0.1, 0.15) is 16.8 Å². The van der Waals surface area contributed by atoms with Gasteiger partial charge in [0, 0.05) is 24.0 Å². The molecule has 1 aromatic heterocycles. The monoisotopic (exact) mass is 333 g/mol. The summed E-state index contributed by atoms with van der Waals surface area (Å²) in [5.74, 6) is -2.84. The Hall–Kier alpha value is -3.03. The normalized spacial score (nSPS) is 18.8. The van der Waals surface area contributed by atoms with Crippen LogP contribution in [-0.4, -0.2) is 28.1 Å². The first-order valence-electron chi connectivity index (χ1n) is 7.15. The average Bonchev–Trinajstić information content (AvgIpc) is 3.24. The molecule has 1 aliphatic rings. The number of aromatic hydroxyl groups is 1. The molecule has 2 atom stereocenters. The van der Waals surface area contributed by atoms with Crippen LogP contribution in [0.4, 0.5) is 20.3 Å². The highest BCUT2D eigenvalue weighted by atomic mass is 19.1. The van der Waals surface area contributed by atoms with Crippen LogP contribution in [0, 0.1) is 11.7 Å². The zero-order valence-corrected chi connectivity index (χ0v) is 12.3. The zero-order chi connectivity index (χ0) is 17.3. The third kappa shape index (κ3) is 3.48. The Balaban J connectivity index is 1.69. The minimum Gasteiger partial charge on any atom is -0.508 e. The Morgan fingerprint density at radius 3 is 2.62 bits per heavy atom. The van der Waals surface area contributed by atoms with Gasteiger partial charge in [-0.2, -0.15) is 0 Å². The minimum absolute atomic E-state index is 0.156. The number of phenols is 1. The van der Waals surface area contributed by atoms with Crippen molar-refractivity contribution in [1.29, 1.82) is 0 Å². The molecule has 2 amide bonds. The number of nitrogens with zero attached hydrogens (tertiary/aromatic N) is 1. The van der Waals surface area contributed by atoms with E-state index in [1.807, 2.05) is 0 Å². The summed E-state index contributed by atoms with van der Waals surface area (Å²) in [4.78, 5) is 27.6. The Kier molecular flexibility index (Phi) is 4.11. The van der Waals surface area contributed by atoms with Crippen molar-refractivity contribution < 1.29 is 23.5 Å². The van der Waals surface area contributed by atoms with Crippen molar-refractivity contribution in [3.05, 3.63) is 47.9 Å². The van der Waals surface area contributed by atoms with Crippen LogP contribution >= 0.6 is 0 Å². The number of phenolic OH excluding ortho intramolecular Hbond substituents is 1. The number of amides is 2. The van der Waals surface area contributed by atoms with E-state index in [4.69, 9.17) is 5.11 Å². The third-order valence-electron chi connectivity index (χ3n) is 3.52. The fourth-order valence-electron chi connectivity index (χ4n) is 2.12. The Morgan fingerprint density at radius 1 is 1.21 bits per heavy atom. The van der Waals surface area contributed by atoms with Crippen LogP contribution in [0.15, 0.2) is 36.5 Å². The third-order valence-corrected chi connectivity index (χ3v) is 3.52. The van der Waals surface area contributed by atoms with Crippen molar-refractivity contribution in [3.8, 4) is 5.75 Å². The lowest BCUT2D eigenvalue weighted by Crippen LogP contribution is -2.17. The summed E-state index contributed by atoms with van der Waals surface area (Å²) in [5.41, 5.74) is 0.0406. The summed E-state index contributed by atoms with van der Waals surface area (Å²) in [6.07, 6.45) is 0.422. The number of carbonyl (C=O) groups excluding carboxylic acids is 2. The van der Waals surface area contributed by atoms with E-state index in [9.17, 15) is 18.4 Å². The van der Waals surface area contributed by atoms with E-state index >= 15 is 0 Å². The number of hydrogen-bond donors (Lipinski definition) is 3. The SMILES string of the molecule is O=C(Nc1ccnc(NC(=O)C2CC2F)c1)c1ccc(O)cc1F. The second kappa shape index (κ2) is 6.23. The number of hydrogen-bond acceptors (Lipinski definition) is 4. The van der Waals surface area contributed by atoms with Crippen LogP contribution in [0.2, 0.25) is 0 Å². The highest BCUT2D eigenvalue weighted by Gasteiger charge is 2.43. The first-order valence-corrected chi connectivity index (χ1v) is 7.15. The summed E-state index contributed by atoms with van der Waals surface area (Å²) in [7, 11) is 0. The minimum atomic E-state index is -1.12. The van der Waals surface area contributed by atoms with Crippen LogP contribution < -0.4 is 10.6 Å². The Morgan fingerprint density at radius 2 is 1.96 bits per heavy atom. The van der Waals surface area contributed by atoms with E-state index in [2.05, 4.69) is 15.6 Å². The molecule has 2 unspecified atom stereocenters. The lowest BCUT2D eigenvalue weighted by molar-refractivity contribution is -0.117. The van der Waals surface area contributed by atoms with Crippen molar-refractivity contribution in [2.45, 2.75) is 12.6 Å². The van der Waals surface area contributed by atoms with Gasteiger partial charge >= 0.3 is 0 Å². The van der Waals surface area contributed by atoms with Crippen molar-refractivity contribution in [1.82, 2.24) is 4.98 Å². The van der Waals surface area contributed by atoms with Gasteiger partial charge in [0.05, 0.1) is 11.5 Å². The van der Waals surface area contributed by atoms with E-state index in [1.165, 1.54) is 24.4 Å². The number of pyridine rings is 1. The van der Waals surface area contributed by atoms with Gasteiger partial charge in [-0.3, -0.25) is 9.59 Å². The highest BCUT2D eigenvalue weighted by molar-refractivity contribution is 6.05. The number of aromatic nitrogens is 1. The van der Waals surface area contributed by atoms with Crippen LogP contribution in [0.5, 0.6) is 5.75 Å². The lowest BCUT2D eigenvalue weighted by Gasteiger charge is -2.08. The summed E-state index contributed by atoms with van der Waals surface area (Å²) in [6, 6.07) is 6.01. The standard InChI is InChI=1S/C16H13F2N3O3/c17-12-6-9(22)1-2-10(12)15(23)20-8-3-4-19-14(5-8)21-16(24)11-7-13(11)18/h1-6,11,13,22H,7H2,(H2,19,20,21,23,24). The molecule has 124 valence electrons. The second-order valence-electron chi connectivity index (χ2n) is 5.40. The van der Waals surface area contributed by atoms with E-state index in [0.717, 1.165) is 12.1 Å². The maximum absolute atomic E-state index is 13.7. The average molecular weight is 333 g/mol. The quantitative estimate of drug-likeness (QED) is 0.801. The van der Waals surface area contributed by atoms with E-state index in [0.29, 0.717) is 0 Å². The van der Waals surface area contributed by atoms with Crippen molar-refractivity contribution >= 4 is 23.3 Å². The maximum Gasteiger partial charge on any atom is 0.258 e. The molecular weight excluding hydrogens is 320 g/mol. The van der Waals surface area contributed by atoms with Crippen molar-refractivity contribution in [2.75, 3.05) is 10.6 Å². The van der Waals surface area contributed by atoms with Gasteiger partial charge in [-0.15, -0.1) is 0 Å². The van der Waals surface area contributed by atoms with Crippen molar-refractivity contribution in [3.63, 3.8) is 0 Å². The van der Waals surface area contributed by atoms with Gasteiger partial charge in [-0.05, 0) is 24.6 Å². The number of anilines is 2. The van der Waals surface area contributed by atoms with Crippen LogP contribution in [0.25, 0.3) is 0 Å². The number of halogens is 2. The molecule has 1 fully saturated rings. The predicted octanol–water partition coefficient (Wildman–Crippen LogP) is 2.48. The van der Waals surface area contributed by atoms with Gasteiger partial charge in [0.15, 0.2) is 0 Å². The molecule has 0 spiro atoms. The van der Waals surface area contributed by atoms with Crippen LogP contribution in [-0.2, 0) is 4.79 Å². The van der Waals surface area contributed by atoms with Gasteiger partial charge in [-0.1, -0.05) is 0 Å². The van der Waals surface area contributed by atoms with E-state index < -0.39 is 29.7 Å². The molecule has 0 saturated heterocycles. The predicted molar refractivity (Wildman–Crippen MR) is 81.9 cm³/mol. The molecule has 1 heterocycles. The Bertz CT molecular complexity index is 813. The number of carbonyl (C=O) groups is 2. The molecule has 0 radical (unpaired) electrons. The topological polar surface area (TPSA) is 91.3 Å². The molecule has 24 heavy (non-hydrogen) atoms. The van der Waals surface area contributed by atoms with Gasteiger partial charge in [0.2, 0.25) is 5.91 Å². The van der Waals surface area contributed by atoms with E-state index in [1.54, 1.807) is 0 Å². The molecular formula is C16H13F2N3O3. The fourth-order valence-corrected chi connectivity index (χ4v) is 2.12. The molecule has 0 aliphatic heterocycles. The first kappa shape index (κ1) is 15.9. The van der Waals surface area contributed by atoms with Crippen LogP contribution in [0.3, 0.4) is 0 Å². The number of rotatable bonds is 4. The number of benzene rings is 1. The summed E-state index contributed by atoms with van der Waals surface area (Å²) in [5, 5.41) is 14.1. The van der Waals surface area contributed by atoms with Crippen molar-refractivity contribution in [2.24, 2.45) is 5.92 Å². The zero-order valence-electron chi connectivity index (χ0n) is 12.3. The highest BCUT2D eigenvalue weighted by Crippen LogP contribution is 2.34. The first-order chi connectivity index (χ1) is 11.4. The fraction of sp³-hybridized carbons (Fsp3) is 0.188. The van der Waals surface area contributed by atoms with Gasteiger partial charge in [0.25, 0.3) is 5.91 Å². The molecule has 8 heteroatoms. The van der Waals surface area contributed by atoms with Gasteiger partial charge < -0.3 is 15.7 Å². The lowest BCUT2D eigenvalue weighted by atomic mass is 10.2. The number of alkyl halides is 1. The molecule has 0 bridgehead atoms. The smallest absolute Gasteiger partial charge is 0.258 e. The largest absolute Gasteiger partial charge is 0.508 e. The molecule has 1 aromatic carbocycles. The summed E-state index contributed by atoms with van der Waals surface area (Å²) >= 11 is 0. The summed E-state index contributed by atoms with van der Waals surface area (Å²) in [6.45, 7) is 0. The molecule has 3 rings (SSSR count). The van der Waals surface area contributed by atoms with Gasteiger partial charge in [-0.25, -0.2) is 13.8 Å². The molecule has 6 nitrogen and oxygen atoms in total. The molecule has 1 saturated carbocycles. The molecule has 1 aliphatic carbocycles. The summed E-state index contributed by atoms with van der Waals surface area (Å²) < 4.78 is 26.5. The number of nitrogens with one attached hydrogen (secondary N) is 2.